The second-order valence-electron chi connectivity index (χ2n) is 5.28. The molecule has 0 aromatic heterocycles. The van der Waals surface area contributed by atoms with Gasteiger partial charge in [0.2, 0.25) is 0 Å². The van der Waals surface area contributed by atoms with Gasteiger partial charge in [0, 0.05) is 5.22 Å². The quantitative estimate of drug-likeness (QED) is 0.640. The Hall–Kier alpha value is 0.394. The first kappa shape index (κ1) is 10.5. The Morgan fingerprint density at radius 3 is 2.08 bits per heavy atom. The molecule has 0 aliphatic carbocycles. The van der Waals surface area contributed by atoms with Crippen LogP contribution in [-0.4, -0.2) is 22.3 Å². The van der Waals surface area contributed by atoms with Crippen molar-refractivity contribution in [1.29, 1.82) is 0 Å². The lowest BCUT2D eigenvalue weighted by Crippen LogP contribution is -2.43. The molecule has 0 N–H and O–H groups in total. The molecule has 1 aliphatic heterocycles. The molecule has 72 valence electrons. The van der Waals surface area contributed by atoms with Gasteiger partial charge in [-0.25, -0.2) is 0 Å². The van der Waals surface area contributed by atoms with Gasteiger partial charge in [0.05, 0.1) is 8.80 Å². The summed E-state index contributed by atoms with van der Waals surface area (Å²) in [7, 11) is -1.83. The Labute approximate surface area is 79.2 Å². The standard InChI is InChI=1S/C9H22OSi2/c1-8-7-12(8,6)10-9(2,3)11(4)5/h8,11H,7H2,1-6H3/t8-,12?/m0/s1. The van der Waals surface area contributed by atoms with Crippen molar-refractivity contribution in [2.45, 2.75) is 57.2 Å². The van der Waals surface area contributed by atoms with Gasteiger partial charge in [-0.1, -0.05) is 20.0 Å². The topological polar surface area (TPSA) is 9.23 Å². The molecule has 0 aromatic carbocycles. The summed E-state index contributed by atoms with van der Waals surface area (Å²) in [6.07, 6.45) is 0. The van der Waals surface area contributed by atoms with E-state index in [2.05, 4.69) is 40.4 Å². The van der Waals surface area contributed by atoms with Crippen LogP contribution >= 0.6 is 0 Å². The molecule has 0 saturated carbocycles. The predicted octanol–water partition coefficient (Wildman–Crippen LogP) is 2.79. The molecule has 1 unspecified atom stereocenters. The van der Waals surface area contributed by atoms with Crippen LogP contribution in [0.2, 0.25) is 31.2 Å². The van der Waals surface area contributed by atoms with Crippen LogP contribution in [0.4, 0.5) is 0 Å². The summed E-state index contributed by atoms with van der Waals surface area (Å²) in [5.41, 5.74) is 0.907. The average Bonchev–Trinajstić information content (AvgIpc) is 2.37. The molecule has 0 amide bonds. The van der Waals surface area contributed by atoms with E-state index in [1.807, 2.05) is 0 Å². The molecule has 0 aromatic rings. The van der Waals surface area contributed by atoms with Crippen LogP contribution in [0, 0.1) is 0 Å². The molecule has 1 aliphatic rings. The van der Waals surface area contributed by atoms with Gasteiger partial charge in [-0.3, -0.25) is 0 Å². The van der Waals surface area contributed by atoms with Crippen molar-refractivity contribution in [2.24, 2.45) is 0 Å². The minimum Gasteiger partial charge on any atom is -0.415 e. The monoisotopic (exact) mass is 202 g/mol. The summed E-state index contributed by atoms with van der Waals surface area (Å²) in [6, 6.07) is 1.39. The van der Waals surface area contributed by atoms with Gasteiger partial charge in [-0.2, -0.15) is 0 Å². The van der Waals surface area contributed by atoms with E-state index in [1.165, 1.54) is 6.04 Å². The van der Waals surface area contributed by atoms with Crippen molar-refractivity contribution >= 4 is 17.1 Å². The maximum Gasteiger partial charge on any atom is 0.192 e. The SMILES string of the molecule is C[C@H]1C[Si]1(C)OC(C)(C)[SiH](C)C. The Morgan fingerprint density at radius 1 is 1.42 bits per heavy atom. The van der Waals surface area contributed by atoms with E-state index in [-0.39, 0.29) is 5.22 Å². The van der Waals surface area contributed by atoms with Crippen LogP contribution in [0.3, 0.4) is 0 Å². The maximum atomic E-state index is 6.31. The van der Waals surface area contributed by atoms with Crippen LogP contribution in [0.1, 0.15) is 20.8 Å². The van der Waals surface area contributed by atoms with Crippen molar-refractivity contribution < 1.29 is 4.43 Å². The Balaban J connectivity index is 2.51. The maximum absolute atomic E-state index is 6.31. The summed E-state index contributed by atoms with van der Waals surface area (Å²) < 4.78 is 6.31. The molecule has 0 radical (unpaired) electrons. The Kier molecular flexibility index (Phi) is 2.58. The first-order chi connectivity index (χ1) is 5.28. The fraction of sp³-hybridized carbons (Fsp3) is 1.00. The second kappa shape index (κ2) is 2.96. The van der Waals surface area contributed by atoms with Crippen LogP contribution in [0.25, 0.3) is 0 Å². The van der Waals surface area contributed by atoms with Gasteiger partial charge in [-0.05, 0) is 32.0 Å². The van der Waals surface area contributed by atoms with Crippen LogP contribution in [0.5, 0.6) is 0 Å². The molecule has 12 heavy (non-hydrogen) atoms. The molecule has 0 spiro atoms. The molecule has 2 atom stereocenters. The fourth-order valence-corrected chi connectivity index (χ4v) is 6.61. The van der Waals surface area contributed by atoms with E-state index in [4.69, 9.17) is 4.43 Å². The lowest BCUT2D eigenvalue weighted by molar-refractivity contribution is 0.187. The molecular weight excluding hydrogens is 180 g/mol. The normalized spacial score (nSPS) is 35.8. The highest BCUT2D eigenvalue weighted by atomic mass is 28.4. The van der Waals surface area contributed by atoms with Gasteiger partial charge in [0.1, 0.15) is 0 Å². The second-order valence-corrected chi connectivity index (χ2v) is 13.2. The van der Waals surface area contributed by atoms with Crippen molar-refractivity contribution in [3.05, 3.63) is 0 Å². The van der Waals surface area contributed by atoms with E-state index >= 15 is 0 Å². The van der Waals surface area contributed by atoms with Gasteiger partial charge in [0.25, 0.3) is 0 Å². The summed E-state index contributed by atoms with van der Waals surface area (Å²) in [4.78, 5) is 0. The third-order valence-electron chi connectivity index (χ3n) is 3.48. The van der Waals surface area contributed by atoms with Gasteiger partial charge < -0.3 is 4.43 Å². The van der Waals surface area contributed by atoms with Crippen molar-refractivity contribution in [1.82, 2.24) is 0 Å². The van der Waals surface area contributed by atoms with Gasteiger partial charge in [-0.15, -0.1) is 0 Å². The highest BCUT2D eigenvalue weighted by molar-refractivity contribution is 6.85. The van der Waals surface area contributed by atoms with E-state index in [0.29, 0.717) is 0 Å². The van der Waals surface area contributed by atoms with Crippen LogP contribution in [-0.2, 0) is 4.43 Å². The third-order valence-corrected chi connectivity index (χ3v) is 10.8. The molecular formula is C9H22OSi2. The summed E-state index contributed by atoms with van der Waals surface area (Å²) in [5, 5.41) is 0.228. The number of rotatable bonds is 3. The van der Waals surface area contributed by atoms with Crippen LogP contribution in [0.15, 0.2) is 0 Å². The van der Waals surface area contributed by atoms with Crippen molar-refractivity contribution in [3.8, 4) is 0 Å². The minimum atomic E-state index is -1.17. The van der Waals surface area contributed by atoms with Crippen molar-refractivity contribution in [3.63, 3.8) is 0 Å². The van der Waals surface area contributed by atoms with E-state index < -0.39 is 17.1 Å². The third kappa shape index (κ3) is 2.00. The molecule has 1 rings (SSSR count). The summed E-state index contributed by atoms with van der Waals surface area (Å²) in [6.45, 7) is 14.1. The minimum absolute atomic E-state index is 0.228. The smallest absolute Gasteiger partial charge is 0.192 e. The first-order valence-electron chi connectivity index (χ1n) is 4.98. The molecule has 1 saturated heterocycles. The van der Waals surface area contributed by atoms with E-state index in [1.54, 1.807) is 0 Å². The van der Waals surface area contributed by atoms with Crippen LogP contribution < -0.4 is 0 Å². The highest BCUT2D eigenvalue weighted by Gasteiger charge is 2.54. The molecule has 1 heterocycles. The average molecular weight is 202 g/mol. The van der Waals surface area contributed by atoms with Gasteiger partial charge in [0.15, 0.2) is 8.32 Å². The summed E-state index contributed by atoms with van der Waals surface area (Å²) >= 11 is 0. The number of hydrogen-bond acceptors (Lipinski definition) is 1. The zero-order valence-corrected chi connectivity index (χ0v) is 11.4. The van der Waals surface area contributed by atoms with Gasteiger partial charge >= 0.3 is 0 Å². The predicted molar refractivity (Wildman–Crippen MR) is 59.9 cm³/mol. The molecule has 1 nitrogen and oxygen atoms in total. The zero-order chi connectivity index (χ0) is 9.57. The lowest BCUT2D eigenvalue weighted by Gasteiger charge is -2.33. The fourth-order valence-electron chi connectivity index (χ4n) is 1.41. The lowest BCUT2D eigenvalue weighted by atomic mass is 10.5. The molecule has 3 heteroatoms. The van der Waals surface area contributed by atoms with Crippen molar-refractivity contribution in [2.75, 3.05) is 0 Å². The first-order valence-corrected chi connectivity index (χ1v) is 10.6. The number of hydrogen-bond donors (Lipinski definition) is 0. The van der Waals surface area contributed by atoms with E-state index in [9.17, 15) is 0 Å². The Bertz CT molecular complexity index is 179. The summed E-state index contributed by atoms with van der Waals surface area (Å²) in [5.74, 6) is 0. The Morgan fingerprint density at radius 2 is 1.83 bits per heavy atom. The zero-order valence-electron chi connectivity index (χ0n) is 9.27. The largest absolute Gasteiger partial charge is 0.415 e. The molecule has 0 bridgehead atoms. The highest BCUT2D eigenvalue weighted by Crippen LogP contribution is 2.50. The van der Waals surface area contributed by atoms with E-state index in [0.717, 1.165) is 5.54 Å². The molecule has 1 fully saturated rings.